The van der Waals surface area contributed by atoms with Crippen LogP contribution in [0.4, 0.5) is 10.5 Å². The quantitative estimate of drug-likeness (QED) is 0.896. The van der Waals surface area contributed by atoms with Crippen LogP contribution in [-0.4, -0.2) is 73.4 Å². The van der Waals surface area contributed by atoms with Crippen molar-refractivity contribution in [1.29, 1.82) is 0 Å². The highest BCUT2D eigenvalue weighted by molar-refractivity contribution is 5.69. The van der Waals surface area contributed by atoms with Crippen molar-refractivity contribution in [3.63, 3.8) is 0 Å². The number of carbonyl (C=O) groups excluding carboxylic acids is 1. The highest BCUT2D eigenvalue weighted by Crippen LogP contribution is 2.27. The fourth-order valence-corrected chi connectivity index (χ4v) is 3.29. The molecule has 6 heteroatoms. The first-order valence-corrected chi connectivity index (χ1v) is 8.30. The van der Waals surface area contributed by atoms with Gasteiger partial charge in [0, 0.05) is 33.2 Å². The van der Waals surface area contributed by atoms with Crippen LogP contribution in [0.5, 0.6) is 5.75 Å². The highest BCUT2D eigenvalue weighted by Gasteiger charge is 2.28. The summed E-state index contributed by atoms with van der Waals surface area (Å²) in [6, 6.07) is 7.52. The van der Waals surface area contributed by atoms with Gasteiger partial charge in [-0.15, -0.1) is 0 Å². The number of hydrogen-bond donors (Lipinski definition) is 1. The van der Waals surface area contributed by atoms with Crippen LogP contribution < -0.4 is 4.90 Å². The van der Waals surface area contributed by atoms with Gasteiger partial charge in [0.2, 0.25) is 0 Å². The minimum atomic E-state index is -0.203. The predicted octanol–water partition coefficient (Wildman–Crippen LogP) is 1.74. The zero-order valence-electron chi connectivity index (χ0n) is 13.6. The van der Waals surface area contributed by atoms with Gasteiger partial charge in [-0.25, -0.2) is 4.79 Å². The molecular weight excluding hydrogens is 294 g/mol. The summed E-state index contributed by atoms with van der Waals surface area (Å²) in [7, 11) is 1.78. The Balaban J connectivity index is 1.38. The van der Waals surface area contributed by atoms with Crippen LogP contribution >= 0.6 is 0 Å². The molecule has 2 heterocycles. The average molecular weight is 319 g/mol. The van der Waals surface area contributed by atoms with Crippen LogP contribution in [0.15, 0.2) is 24.3 Å². The summed E-state index contributed by atoms with van der Waals surface area (Å²) in [5.74, 6) is 0.355. The molecule has 23 heavy (non-hydrogen) atoms. The van der Waals surface area contributed by atoms with E-state index in [-0.39, 0.29) is 12.2 Å². The predicted molar refractivity (Wildman–Crippen MR) is 88.9 cm³/mol. The molecule has 2 fully saturated rings. The first-order valence-electron chi connectivity index (χ1n) is 8.30. The van der Waals surface area contributed by atoms with Gasteiger partial charge in [-0.3, -0.25) is 4.90 Å². The van der Waals surface area contributed by atoms with Crippen LogP contribution in [0, 0.1) is 0 Å². The summed E-state index contributed by atoms with van der Waals surface area (Å²) in [5, 5.41) is 9.93. The third-order valence-corrected chi connectivity index (χ3v) is 4.65. The Bertz CT molecular complexity index is 544. The second-order valence-electron chi connectivity index (χ2n) is 6.35. The minimum absolute atomic E-state index is 0.0510. The van der Waals surface area contributed by atoms with Crippen LogP contribution in [0.2, 0.25) is 0 Å². The number of likely N-dealkylation sites (N-methyl/N-ethyl adjacent to an activating group) is 1. The molecule has 0 spiro atoms. The number of para-hydroxylation sites is 2. The van der Waals surface area contributed by atoms with Gasteiger partial charge in [0.05, 0.1) is 12.2 Å². The number of phenols is 1. The van der Waals surface area contributed by atoms with E-state index in [1.165, 1.54) is 0 Å². The van der Waals surface area contributed by atoms with E-state index in [0.717, 1.165) is 51.3 Å². The lowest BCUT2D eigenvalue weighted by atomic mass is 10.1. The van der Waals surface area contributed by atoms with E-state index in [9.17, 15) is 9.90 Å². The van der Waals surface area contributed by atoms with E-state index in [1.807, 2.05) is 18.2 Å². The van der Waals surface area contributed by atoms with Crippen LogP contribution in [-0.2, 0) is 4.74 Å². The number of nitrogens with zero attached hydrogens (tertiary/aromatic N) is 3. The van der Waals surface area contributed by atoms with Crippen molar-refractivity contribution in [2.45, 2.75) is 18.9 Å². The van der Waals surface area contributed by atoms with Gasteiger partial charge in [0.15, 0.2) is 0 Å². The second kappa shape index (κ2) is 7.08. The molecule has 2 saturated heterocycles. The molecule has 1 atom stereocenters. The van der Waals surface area contributed by atoms with Gasteiger partial charge in [-0.05, 0) is 31.5 Å². The van der Waals surface area contributed by atoms with E-state index in [4.69, 9.17) is 4.74 Å². The lowest BCUT2D eigenvalue weighted by molar-refractivity contribution is 0.126. The van der Waals surface area contributed by atoms with Gasteiger partial charge in [0.1, 0.15) is 11.9 Å². The van der Waals surface area contributed by atoms with Gasteiger partial charge < -0.3 is 19.6 Å². The van der Waals surface area contributed by atoms with Crippen molar-refractivity contribution in [3.8, 4) is 5.75 Å². The molecule has 1 amide bonds. The molecule has 1 unspecified atom stereocenters. The Morgan fingerprint density at radius 2 is 1.96 bits per heavy atom. The number of cyclic esters (lactones) is 1. The zero-order valence-corrected chi connectivity index (χ0v) is 13.6. The molecule has 3 rings (SSSR count). The Hall–Kier alpha value is -1.95. The first-order chi connectivity index (χ1) is 11.1. The molecule has 2 aliphatic heterocycles. The van der Waals surface area contributed by atoms with Crippen LogP contribution in [0.3, 0.4) is 0 Å². The molecule has 1 aromatic rings. The minimum Gasteiger partial charge on any atom is -0.506 e. The summed E-state index contributed by atoms with van der Waals surface area (Å²) >= 11 is 0. The topological polar surface area (TPSA) is 56.3 Å². The van der Waals surface area contributed by atoms with Crippen molar-refractivity contribution in [2.75, 3.05) is 51.2 Å². The molecule has 6 nitrogen and oxygen atoms in total. The highest BCUT2D eigenvalue weighted by atomic mass is 16.6. The lowest BCUT2D eigenvalue weighted by Crippen LogP contribution is -2.46. The zero-order chi connectivity index (χ0) is 16.2. The fraction of sp³-hybridized carbons (Fsp3) is 0.588. The molecule has 1 aromatic carbocycles. The third-order valence-electron chi connectivity index (χ3n) is 4.65. The Morgan fingerprint density at radius 3 is 2.61 bits per heavy atom. The summed E-state index contributed by atoms with van der Waals surface area (Å²) in [4.78, 5) is 17.6. The number of aromatic hydroxyl groups is 1. The number of ether oxygens (including phenoxy) is 1. The molecule has 0 aliphatic carbocycles. The van der Waals surface area contributed by atoms with Crippen molar-refractivity contribution in [1.82, 2.24) is 9.80 Å². The number of piperazine rings is 1. The van der Waals surface area contributed by atoms with E-state index < -0.39 is 0 Å². The van der Waals surface area contributed by atoms with E-state index in [0.29, 0.717) is 12.3 Å². The lowest BCUT2D eigenvalue weighted by Gasteiger charge is -2.36. The standard InChI is InChI=1S/C17H25N3O3/c1-18-13-14(23-17(18)22)5-4-8-19-9-11-20(12-10-19)15-6-2-3-7-16(15)21/h2-3,6-7,14,21H,4-5,8-13H2,1H3. The Kier molecular flexibility index (Phi) is 4.91. The number of amides is 1. The molecule has 1 N–H and O–H groups in total. The van der Waals surface area contributed by atoms with Crippen LogP contribution in [0.25, 0.3) is 0 Å². The van der Waals surface area contributed by atoms with E-state index in [1.54, 1.807) is 18.0 Å². The first kappa shape index (κ1) is 15.9. The average Bonchev–Trinajstić information content (AvgIpc) is 2.87. The maximum absolute atomic E-state index is 11.3. The van der Waals surface area contributed by atoms with Crippen molar-refractivity contribution < 1.29 is 14.6 Å². The molecule has 0 bridgehead atoms. The van der Waals surface area contributed by atoms with Crippen molar-refractivity contribution >= 4 is 11.8 Å². The second-order valence-corrected chi connectivity index (χ2v) is 6.35. The van der Waals surface area contributed by atoms with Gasteiger partial charge in [-0.1, -0.05) is 12.1 Å². The van der Waals surface area contributed by atoms with E-state index in [2.05, 4.69) is 9.80 Å². The Labute approximate surface area is 137 Å². The van der Waals surface area contributed by atoms with Gasteiger partial charge in [0.25, 0.3) is 0 Å². The Morgan fingerprint density at radius 1 is 1.22 bits per heavy atom. The molecular formula is C17H25N3O3. The molecule has 2 aliphatic rings. The molecule has 0 saturated carbocycles. The smallest absolute Gasteiger partial charge is 0.409 e. The van der Waals surface area contributed by atoms with Crippen molar-refractivity contribution in [3.05, 3.63) is 24.3 Å². The molecule has 0 aromatic heterocycles. The third kappa shape index (κ3) is 3.88. The number of benzene rings is 1. The van der Waals surface area contributed by atoms with Gasteiger partial charge >= 0.3 is 6.09 Å². The van der Waals surface area contributed by atoms with Crippen molar-refractivity contribution in [2.24, 2.45) is 0 Å². The number of carbonyl (C=O) groups is 1. The molecule has 0 radical (unpaired) electrons. The number of rotatable bonds is 5. The number of phenolic OH excluding ortho intramolecular Hbond substituents is 1. The normalized spacial score (nSPS) is 22.5. The van der Waals surface area contributed by atoms with E-state index >= 15 is 0 Å². The molecule has 126 valence electrons. The SMILES string of the molecule is CN1CC(CCCN2CCN(c3ccccc3O)CC2)OC1=O. The maximum Gasteiger partial charge on any atom is 0.409 e. The monoisotopic (exact) mass is 319 g/mol. The largest absolute Gasteiger partial charge is 0.506 e. The van der Waals surface area contributed by atoms with Crippen LogP contribution in [0.1, 0.15) is 12.8 Å². The summed E-state index contributed by atoms with van der Waals surface area (Å²) in [6.45, 7) is 5.60. The number of hydrogen-bond acceptors (Lipinski definition) is 5. The summed E-state index contributed by atoms with van der Waals surface area (Å²) < 4.78 is 5.28. The maximum atomic E-state index is 11.3. The van der Waals surface area contributed by atoms with Gasteiger partial charge in [-0.2, -0.15) is 0 Å². The summed E-state index contributed by atoms with van der Waals surface area (Å²) in [6.07, 6.45) is 1.82. The summed E-state index contributed by atoms with van der Waals surface area (Å²) in [5.41, 5.74) is 0.924. The number of anilines is 1. The fourth-order valence-electron chi connectivity index (χ4n) is 3.29.